The van der Waals surface area contributed by atoms with Crippen LogP contribution in [0, 0.1) is 23.1 Å². The lowest BCUT2D eigenvalue weighted by Crippen LogP contribution is -2.02. The first kappa shape index (κ1) is 10.4. The molecule has 0 N–H and O–H groups in total. The molecule has 1 aromatic heterocycles. The summed E-state index contributed by atoms with van der Waals surface area (Å²) in [5.41, 5.74) is -1.27. The normalized spacial score (nSPS) is 10.3. The van der Waals surface area contributed by atoms with Crippen molar-refractivity contribution in [2.24, 2.45) is 0 Å². The number of nitriles is 1. The molecule has 0 unspecified atom stereocenters. The van der Waals surface area contributed by atoms with Gasteiger partial charge >= 0.3 is 0 Å². The molecule has 0 saturated heterocycles. The number of rotatable bonds is 2. The Hall–Kier alpha value is -1.64. The number of nitrogens with zero attached hydrogens (tertiary/aromatic N) is 2. The lowest BCUT2D eigenvalue weighted by Gasteiger charge is -2.03. The molecule has 1 rings (SSSR count). The largest absolute Gasteiger partial charge is 0.266 e. The Morgan fingerprint density at radius 3 is 2.57 bits per heavy atom. The molecule has 0 aliphatic rings. The van der Waals surface area contributed by atoms with E-state index in [4.69, 9.17) is 5.26 Å². The van der Waals surface area contributed by atoms with Crippen molar-refractivity contribution in [3.05, 3.63) is 29.1 Å². The van der Waals surface area contributed by atoms with Crippen LogP contribution < -0.4 is 0 Å². The number of hydrogen-bond donors (Lipinski definition) is 0. The van der Waals surface area contributed by atoms with Crippen LogP contribution in [-0.2, 0) is 6.42 Å². The maximum absolute atomic E-state index is 12.7. The second-order valence-corrected chi connectivity index (χ2v) is 2.44. The highest BCUT2D eigenvalue weighted by Crippen LogP contribution is 2.23. The number of halogens is 4. The summed E-state index contributed by atoms with van der Waals surface area (Å²) in [5.74, 6) is -3.27. The standard InChI is InChI=1S/C8H4F4N2/c9-6-5(7(10)11)3-4(1-2-13)14-8(6)12/h3,7H,1H2. The molecule has 14 heavy (non-hydrogen) atoms. The van der Waals surface area contributed by atoms with Crippen molar-refractivity contribution < 1.29 is 17.6 Å². The van der Waals surface area contributed by atoms with Crippen molar-refractivity contribution in [2.45, 2.75) is 12.8 Å². The van der Waals surface area contributed by atoms with Crippen molar-refractivity contribution in [3.8, 4) is 6.07 Å². The lowest BCUT2D eigenvalue weighted by molar-refractivity contribution is 0.144. The van der Waals surface area contributed by atoms with Crippen LogP contribution in [-0.4, -0.2) is 4.98 Å². The van der Waals surface area contributed by atoms with Gasteiger partial charge in [0.25, 0.3) is 6.43 Å². The van der Waals surface area contributed by atoms with E-state index in [-0.39, 0.29) is 12.1 Å². The van der Waals surface area contributed by atoms with E-state index in [2.05, 4.69) is 4.98 Å². The molecule has 6 heteroatoms. The third kappa shape index (κ3) is 1.99. The lowest BCUT2D eigenvalue weighted by atomic mass is 10.2. The number of hydrogen-bond acceptors (Lipinski definition) is 2. The Kier molecular flexibility index (Phi) is 3.02. The first-order valence-electron chi connectivity index (χ1n) is 3.56. The molecule has 2 nitrogen and oxygen atoms in total. The van der Waals surface area contributed by atoms with E-state index in [9.17, 15) is 17.6 Å². The van der Waals surface area contributed by atoms with E-state index in [1.165, 1.54) is 0 Å². The van der Waals surface area contributed by atoms with Crippen molar-refractivity contribution >= 4 is 0 Å². The van der Waals surface area contributed by atoms with Gasteiger partial charge in [0.05, 0.1) is 23.7 Å². The molecular weight excluding hydrogens is 200 g/mol. The first-order valence-corrected chi connectivity index (χ1v) is 3.56. The van der Waals surface area contributed by atoms with Crippen LogP contribution in [0.25, 0.3) is 0 Å². The first-order chi connectivity index (χ1) is 6.56. The summed E-state index contributed by atoms with van der Waals surface area (Å²) < 4.78 is 49.5. The molecule has 1 heterocycles. The fourth-order valence-corrected chi connectivity index (χ4v) is 0.900. The van der Waals surface area contributed by atoms with Crippen LogP contribution in [0.2, 0.25) is 0 Å². The maximum Gasteiger partial charge on any atom is 0.266 e. The predicted octanol–water partition coefficient (Wildman–Crippen LogP) is 2.36. The van der Waals surface area contributed by atoms with Gasteiger partial charge in [0.2, 0.25) is 5.95 Å². The number of alkyl halides is 2. The molecular formula is C8H4F4N2. The summed E-state index contributed by atoms with van der Waals surface area (Å²) in [6.07, 6.45) is -3.46. The SMILES string of the molecule is N#CCc1cc(C(F)F)c(F)c(F)n1. The van der Waals surface area contributed by atoms with E-state index >= 15 is 0 Å². The van der Waals surface area contributed by atoms with Gasteiger partial charge in [-0.1, -0.05) is 0 Å². The molecule has 1 aromatic rings. The Bertz CT molecular complexity index is 384. The molecule has 74 valence electrons. The number of pyridine rings is 1. The summed E-state index contributed by atoms with van der Waals surface area (Å²) in [5, 5.41) is 8.22. The van der Waals surface area contributed by atoms with Crippen molar-refractivity contribution in [1.82, 2.24) is 4.98 Å². The third-order valence-electron chi connectivity index (χ3n) is 1.49. The van der Waals surface area contributed by atoms with Gasteiger partial charge in [-0.3, -0.25) is 0 Å². The van der Waals surface area contributed by atoms with E-state index in [1.54, 1.807) is 6.07 Å². The number of aromatic nitrogens is 1. The highest BCUT2D eigenvalue weighted by Gasteiger charge is 2.19. The molecule has 0 bridgehead atoms. The smallest absolute Gasteiger partial charge is 0.221 e. The van der Waals surface area contributed by atoms with Gasteiger partial charge in [-0.25, -0.2) is 18.2 Å². The van der Waals surface area contributed by atoms with Gasteiger partial charge in [0.15, 0.2) is 5.82 Å². The monoisotopic (exact) mass is 204 g/mol. The van der Waals surface area contributed by atoms with Crippen LogP contribution in [0.5, 0.6) is 0 Å². The van der Waals surface area contributed by atoms with E-state index in [1.807, 2.05) is 0 Å². The second kappa shape index (κ2) is 4.05. The highest BCUT2D eigenvalue weighted by molar-refractivity contribution is 5.22. The zero-order valence-electron chi connectivity index (χ0n) is 6.77. The van der Waals surface area contributed by atoms with E-state index in [0.29, 0.717) is 6.07 Å². The summed E-state index contributed by atoms with van der Waals surface area (Å²) in [6.45, 7) is 0. The van der Waals surface area contributed by atoms with E-state index < -0.39 is 23.8 Å². The predicted molar refractivity (Wildman–Crippen MR) is 38.4 cm³/mol. The molecule has 0 amide bonds. The van der Waals surface area contributed by atoms with Gasteiger partial charge in [0.1, 0.15) is 0 Å². The molecule has 0 aliphatic heterocycles. The summed E-state index contributed by atoms with van der Waals surface area (Å²) in [7, 11) is 0. The quantitative estimate of drug-likeness (QED) is 0.547. The van der Waals surface area contributed by atoms with Gasteiger partial charge in [-0.2, -0.15) is 9.65 Å². The molecule has 0 aromatic carbocycles. The fraction of sp³-hybridized carbons (Fsp3) is 0.250. The topological polar surface area (TPSA) is 36.7 Å². The van der Waals surface area contributed by atoms with Crippen molar-refractivity contribution in [3.63, 3.8) is 0 Å². The van der Waals surface area contributed by atoms with Gasteiger partial charge < -0.3 is 0 Å². The molecule has 0 aliphatic carbocycles. The molecule has 0 radical (unpaired) electrons. The average molecular weight is 204 g/mol. The van der Waals surface area contributed by atoms with Crippen LogP contribution in [0.1, 0.15) is 17.7 Å². The Morgan fingerprint density at radius 2 is 2.07 bits per heavy atom. The van der Waals surface area contributed by atoms with Gasteiger partial charge in [-0.05, 0) is 6.07 Å². The zero-order chi connectivity index (χ0) is 10.7. The third-order valence-corrected chi connectivity index (χ3v) is 1.49. The van der Waals surface area contributed by atoms with Crippen molar-refractivity contribution in [1.29, 1.82) is 5.26 Å². The Balaban J connectivity index is 3.22. The molecule has 0 atom stereocenters. The minimum atomic E-state index is -3.12. The minimum absolute atomic E-state index is 0.207. The summed E-state index contributed by atoms with van der Waals surface area (Å²) in [6, 6.07) is 2.29. The maximum atomic E-state index is 12.7. The Morgan fingerprint density at radius 1 is 1.43 bits per heavy atom. The van der Waals surface area contributed by atoms with Crippen LogP contribution in [0.15, 0.2) is 6.07 Å². The van der Waals surface area contributed by atoms with Crippen molar-refractivity contribution in [2.75, 3.05) is 0 Å². The minimum Gasteiger partial charge on any atom is -0.221 e. The zero-order valence-corrected chi connectivity index (χ0v) is 6.77. The fourth-order valence-electron chi connectivity index (χ4n) is 0.900. The molecule has 0 saturated carbocycles. The molecule has 0 spiro atoms. The van der Waals surface area contributed by atoms with Crippen LogP contribution >= 0.6 is 0 Å². The summed E-state index contributed by atoms with van der Waals surface area (Å²) >= 11 is 0. The Labute approximate surface area is 76.8 Å². The summed E-state index contributed by atoms with van der Waals surface area (Å²) in [4.78, 5) is 3.01. The second-order valence-electron chi connectivity index (χ2n) is 2.44. The van der Waals surface area contributed by atoms with Gasteiger partial charge in [0, 0.05) is 0 Å². The van der Waals surface area contributed by atoms with Gasteiger partial charge in [-0.15, -0.1) is 0 Å². The van der Waals surface area contributed by atoms with Crippen LogP contribution in [0.4, 0.5) is 17.6 Å². The van der Waals surface area contributed by atoms with E-state index in [0.717, 1.165) is 0 Å². The molecule has 0 fully saturated rings. The average Bonchev–Trinajstić information content (AvgIpc) is 2.11. The van der Waals surface area contributed by atoms with Crippen LogP contribution in [0.3, 0.4) is 0 Å². The highest BCUT2D eigenvalue weighted by atomic mass is 19.3.